The Morgan fingerprint density at radius 2 is 2.19 bits per heavy atom. The lowest BCUT2D eigenvalue weighted by molar-refractivity contribution is -0.144. The minimum absolute atomic E-state index is 0.137. The summed E-state index contributed by atoms with van der Waals surface area (Å²) < 4.78 is 0. The number of rotatable bonds is 5. The van der Waals surface area contributed by atoms with Crippen LogP contribution >= 0.6 is 0 Å². The SMILES string of the molecule is Cc1ccc2nc(C3(C)CCN(C(CC(C)C)C(=O)NO)C3=O)[nH]c2c1. The normalized spacial score (nSPS) is 21.6. The van der Waals surface area contributed by atoms with Gasteiger partial charge in [0, 0.05) is 6.54 Å². The lowest BCUT2D eigenvalue weighted by Crippen LogP contribution is -2.49. The molecule has 7 nitrogen and oxygen atoms in total. The van der Waals surface area contributed by atoms with Gasteiger partial charge in [0.25, 0.3) is 5.91 Å². The molecule has 26 heavy (non-hydrogen) atoms. The Bertz CT molecular complexity index is 844. The number of aryl methyl sites for hydroxylation is 1. The maximum atomic E-state index is 13.2. The Morgan fingerprint density at radius 1 is 1.46 bits per heavy atom. The summed E-state index contributed by atoms with van der Waals surface area (Å²) >= 11 is 0. The molecule has 0 bridgehead atoms. The third kappa shape index (κ3) is 3.07. The van der Waals surface area contributed by atoms with Crippen LogP contribution in [0.4, 0.5) is 0 Å². The van der Waals surface area contributed by atoms with E-state index in [1.165, 1.54) is 0 Å². The molecule has 1 saturated heterocycles. The number of benzene rings is 1. The molecule has 0 radical (unpaired) electrons. The lowest BCUT2D eigenvalue weighted by atomic mass is 9.88. The molecule has 3 rings (SSSR count). The van der Waals surface area contributed by atoms with E-state index in [0.717, 1.165) is 16.6 Å². The number of H-pyrrole nitrogens is 1. The average molecular weight is 358 g/mol. The molecule has 1 aliphatic rings. The molecule has 1 aromatic heterocycles. The van der Waals surface area contributed by atoms with Crippen molar-refractivity contribution in [1.82, 2.24) is 20.3 Å². The fourth-order valence-electron chi connectivity index (χ4n) is 3.67. The zero-order valence-electron chi connectivity index (χ0n) is 15.7. The van der Waals surface area contributed by atoms with Gasteiger partial charge in [0.15, 0.2) is 0 Å². The van der Waals surface area contributed by atoms with Gasteiger partial charge >= 0.3 is 0 Å². The van der Waals surface area contributed by atoms with Crippen molar-refractivity contribution in [1.29, 1.82) is 0 Å². The van der Waals surface area contributed by atoms with Crippen LogP contribution in [0.3, 0.4) is 0 Å². The number of carbonyl (C=O) groups is 2. The molecule has 1 fully saturated rings. The number of hydrogen-bond donors (Lipinski definition) is 3. The molecule has 0 saturated carbocycles. The van der Waals surface area contributed by atoms with Crippen molar-refractivity contribution in [2.75, 3.05) is 6.54 Å². The van der Waals surface area contributed by atoms with Gasteiger partial charge in [-0.3, -0.25) is 14.8 Å². The van der Waals surface area contributed by atoms with E-state index in [1.54, 1.807) is 10.4 Å². The summed E-state index contributed by atoms with van der Waals surface area (Å²) in [6.07, 6.45) is 1.06. The van der Waals surface area contributed by atoms with E-state index in [9.17, 15) is 9.59 Å². The van der Waals surface area contributed by atoms with Gasteiger partial charge in [-0.25, -0.2) is 10.5 Å². The summed E-state index contributed by atoms with van der Waals surface area (Å²) in [5.41, 5.74) is 3.74. The Hall–Kier alpha value is -2.41. The van der Waals surface area contributed by atoms with E-state index in [4.69, 9.17) is 5.21 Å². The second kappa shape index (κ2) is 6.72. The third-order valence-electron chi connectivity index (χ3n) is 5.23. The van der Waals surface area contributed by atoms with Crippen LogP contribution < -0.4 is 5.48 Å². The number of nitrogens with zero attached hydrogens (tertiary/aromatic N) is 2. The maximum absolute atomic E-state index is 13.2. The summed E-state index contributed by atoms with van der Waals surface area (Å²) in [6, 6.07) is 5.25. The molecule has 0 aliphatic carbocycles. The predicted octanol–water partition coefficient (Wildman–Crippen LogP) is 2.28. The van der Waals surface area contributed by atoms with Gasteiger partial charge in [-0.15, -0.1) is 0 Å². The van der Waals surface area contributed by atoms with Gasteiger partial charge in [-0.05, 0) is 50.3 Å². The Morgan fingerprint density at radius 3 is 2.85 bits per heavy atom. The number of hydrogen-bond acceptors (Lipinski definition) is 4. The molecular formula is C19H26N4O3. The van der Waals surface area contributed by atoms with Crippen molar-refractivity contribution in [3.05, 3.63) is 29.6 Å². The van der Waals surface area contributed by atoms with E-state index in [-0.39, 0.29) is 11.8 Å². The number of aromatic amines is 1. The summed E-state index contributed by atoms with van der Waals surface area (Å²) in [5, 5.41) is 9.08. The van der Waals surface area contributed by atoms with Crippen LogP contribution in [0.2, 0.25) is 0 Å². The first-order valence-electron chi connectivity index (χ1n) is 8.98. The Labute approximate surface area is 152 Å². The van der Waals surface area contributed by atoms with Gasteiger partial charge in [-0.1, -0.05) is 19.9 Å². The van der Waals surface area contributed by atoms with Crippen LogP contribution in [0.25, 0.3) is 11.0 Å². The number of carbonyl (C=O) groups excluding carboxylic acids is 2. The van der Waals surface area contributed by atoms with E-state index in [0.29, 0.717) is 25.2 Å². The van der Waals surface area contributed by atoms with Crippen molar-refractivity contribution in [3.63, 3.8) is 0 Å². The Kier molecular flexibility index (Phi) is 4.75. The summed E-state index contributed by atoms with van der Waals surface area (Å²) in [4.78, 5) is 34.8. The highest BCUT2D eigenvalue weighted by Crippen LogP contribution is 2.36. The van der Waals surface area contributed by atoms with Gasteiger partial charge in [0.05, 0.1) is 11.0 Å². The highest BCUT2D eigenvalue weighted by Gasteiger charge is 2.49. The van der Waals surface area contributed by atoms with Crippen LogP contribution in [0.15, 0.2) is 18.2 Å². The largest absolute Gasteiger partial charge is 0.341 e. The lowest BCUT2D eigenvalue weighted by Gasteiger charge is -2.29. The van der Waals surface area contributed by atoms with Crippen LogP contribution in [-0.2, 0) is 15.0 Å². The van der Waals surface area contributed by atoms with E-state index >= 15 is 0 Å². The highest BCUT2D eigenvalue weighted by atomic mass is 16.5. The zero-order valence-corrected chi connectivity index (χ0v) is 15.7. The number of imidazole rings is 1. The number of amides is 2. The summed E-state index contributed by atoms with van der Waals surface area (Å²) in [7, 11) is 0. The third-order valence-corrected chi connectivity index (χ3v) is 5.23. The number of aromatic nitrogens is 2. The maximum Gasteiger partial charge on any atom is 0.266 e. The Balaban J connectivity index is 1.93. The number of fused-ring (bicyclic) bond motifs is 1. The first kappa shape index (κ1) is 18.4. The fourth-order valence-corrected chi connectivity index (χ4v) is 3.67. The summed E-state index contributed by atoms with van der Waals surface area (Å²) in [5.74, 6) is 0.156. The van der Waals surface area contributed by atoms with Crippen molar-refractivity contribution >= 4 is 22.8 Å². The molecular weight excluding hydrogens is 332 g/mol. The van der Waals surface area contributed by atoms with Crippen LogP contribution in [0.1, 0.15) is 45.0 Å². The molecule has 140 valence electrons. The predicted molar refractivity (Wildman–Crippen MR) is 97.7 cm³/mol. The minimum Gasteiger partial charge on any atom is -0.341 e. The summed E-state index contributed by atoms with van der Waals surface area (Å²) in [6.45, 7) is 8.30. The van der Waals surface area contributed by atoms with Gasteiger partial charge < -0.3 is 9.88 Å². The average Bonchev–Trinajstić information content (AvgIpc) is 3.14. The molecule has 2 unspecified atom stereocenters. The quantitative estimate of drug-likeness (QED) is 0.564. The van der Waals surface area contributed by atoms with Crippen molar-refractivity contribution < 1.29 is 14.8 Å². The van der Waals surface area contributed by atoms with Crippen molar-refractivity contribution in [3.8, 4) is 0 Å². The monoisotopic (exact) mass is 358 g/mol. The molecule has 1 aromatic carbocycles. The van der Waals surface area contributed by atoms with E-state index in [1.807, 2.05) is 45.9 Å². The zero-order chi connectivity index (χ0) is 19.1. The second-order valence-corrected chi connectivity index (χ2v) is 7.81. The molecule has 7 heteroatoms. The van der Waals surface area contributed by atoms with Crippen molar-refractivity contribution in [2.24, 2.45) is 5.92 Å². The molecule has 2 heterocycles. The van der Waals surface area contributed by atoms with Crippen molar-refractivity contribution in [2.45, 2.75) is 52.0 Å². The van der Waals surface area contributed by atoms with Crippen LogP contribution in [-0.4, -0.2) is 44.5 Å². The van der Waals surface area contributed by atoms with Gasteiger partial charge in [0.2, 0.25) is 5.91 Å². The van der Waals surface area contributed by atoms with Gasteiger partial charge in [0.1, 0.15) is 17.3 Å². The number of likely N-dealkylation sites (tertiary alicyclic amines) is 1. The highest BCUT2D eigenvalue weighted by molar-refractivity contribution is 5.94. The molecule has 2 amide bonds. The topological polar surface area (TPSA) is 98.3 Å². The standard InChI is InChI=1S/C19H26N4O3/c1-11(2)9-15(16(24)22-26)23-8-7-19(4,18(23)25)17-20-13-6-5-12(3)10-14(13)21-17/h5-6,10-11,15,26H,7-9H2,1-4H3,(H,20,21)(H,22,24). The molecule has 3 N–H and O–H groups in total. The molecule has 0 spiro atoms. The number of nitrogens with one attached hydrogen (secondary N) is 2. The second-order valence-electron chi connectivity index (χ2n) is 7.81. The van der Waals surface area contributed by atoms with Crippen LogP contribution in [0, 0.1) is 12.8 Å². The van der Waals surface area contributed by atoms with Crippen LogP contribution in [0.5, 0.6) is 0 Å². The van der Waals surface area contributed by atoms with E-state index < -0.39 is 17.4 Å². The first-order valence-corrected chi connectivity index (χ1v) is 8.98. The first-order chi connectivity index (χ1) is 12.3. The molecule has 2 aromatic rings. The van der Waals surface area contributed by atoms with Gasteiger partial charge in [-0.2, -0.15) is 0 Å². The smallest absolute Gasteiger partial charge is 0.266 e. The minimum atomic E-state index is -0.808. The fraction of sp³-hybridized carbons (Fsp3) is 0.526. The van der Waals surface area contributed by atoms with E-state index in [2.05, 4.69) is 9.97 Å². The molecule has 2 atom stereocenters. The number of hydroxylamine groups is 1. The molecule has 1 aliphatic heterocycles.